The molecular weight excluding hydrogens is 552 g/mol. The van der Waals surface area contributed by atoms with Gasteiger partial charge in [-0.1, -0.05) is 0 Å². The highest BCUT2D eigenvalue weighted by molar-refractivity contribution is 7.99. The van der Waals surface area contributed by atoms with Gasteiger partial charge in [0.15, 0.2) is 11.6 Å². The van der Waals surface area contributed by atoms with Crippen LogP contribution in [0, 0.1) is 6.92 Å². The van der Waals surface area contributed by atoms with Gasteiger partial charge in [-0.2, -0.15) is 5.10 Å². The van der Waals surface area contributed by atoms with Crippen LogP contribution in [0.5, 0.6) is 0 Å². The van der Waals surface area contributed by atoms with E-state index in [9.17, 15) is 4.79 Å². The number of aromatic nitrogens is 5. The summed E-state index contributed by atoms with van der Waals surface area (Å²) in [5.74, 6) is 1.36. The van der Waals surface area contributed by atoms with Crippen molar-refractivity contribution in [3.63, 3.8) is 0 Å². The van der Waals surface area contributed by atoms with Crippen LogP contribution in [0.1, 0.15) is 12.1 Å². The van der Waals surface area contributed by atoms with Gasteiger partial charge in [-0.15, -0.1) is 5.10 Å². The number of rotatable bonds is 11. The van der Waals surface area contributed by atoms with E-state index in [-0.39, 0.29) is 12.0 Å². The first-order valence-electron chi connectivity index (χ1n) is 14.4. The number of hydrogen-bond acceptors (Lipinski definition) is 10. The summed E-state index contributed by atoms with van der Waals surface area (Å²) in [6.45, 7) is 10.2. The first kappa shape index (κ1) is 28.6. The standard InChI is InChI=1S/C29H38N10O2S/c1-21-18-26(34-33-21)31-28-25-4-3-10-39(25)35-29(32-28)42-24-7-5-22(6-8-24)30-27(40)20-38-11-9-23(19-38)41-17-16-37-14-12-36(2)13-15-37/h3-8,10,18,23H,9,11-17,19-20H2,1-2H3,(H,30,40)(H2,31,32,33,34,35)/t23-/m1/s1. The molecule has 0 spiro atoms. The molecule has 4 aromatic rings. The molecule has 42 heavy (non-hydrogen) atoms. The summed E-state index contributed by atoms with van der Waals surface area (Å²) < 4.78 is 7.93. The quantitative estimate of drug-likeness (QED) is 0.241. The number of likely N-dealkylation sites (tertiary alicyclic amines) is 1. The number of anilines is 3. The van der Waals surface area contributed by atoms with E-state index in [1.54, 1.807) is 4.52 Å². The normalized spacial score (nSPS) is 18.6. The number of carbonyl (C=O) groups excluding carboxylic acids is 1. The molecule has 2 fully saturated rings. The highest BCUT2D eigenvalue weighted by Crippen LogP contribution is 2.29. The van der Waals surface area contributed by atoms with Crippen molar-refractivity contribution in [2.45, 2.75) is 29.5 Å². The number of ether oxygens (including phenoxy) is 1. The van der Waals surface area contributed by atoms with Crippen LogP contribution in [0.3, 0.4) is 0 Å². The lowest BCUT2D eigenvalue weighted by molar-refractivity contribution is -0.117. The summed E-state index contributed by atoms with van der Waals surface area (Å²) in [4.78, 5) is 25.4. The van der Waals surface area contributed by atoms with Crippen LogP contribution in [0.2, 0.25) is 0 Å². The van der Waals surface area contributed by atoms with Gasteiger partial charge in [0.25, 0.3) is 0 Å². The summed E-state index contributed by atoms with van der Waals surface area (Å²) in [5.41, 5.74) is 2.59. The van der Waals surface area contributed by atoms with E-state index in [4.69, 9.17) is 9.72 Å². The lowest BCUT2D eigenvalue weighted by Crippen LogP contribution is -2.45. The molecule has 3 aromatic heterocycles. The maximum absolute atomic E-state index is 12.7. The lowest BCUT2D eigenvalue weighted by Gasteiger charge is -2.32. The molecular formula is C29H38N10O2S. The first-order valence-corrected chi connectivity index (χ1v) is 15.3. The molecule has 6 rings (SSSR count). The Labute approximate surface area is 249 Å². The summed E-state index contributed by atoms with van der Waals surface area (Å²) >= 11 is 1.45. The maximum atomic E-state index is 12.7. The van der Waals surface area contributed by atoms with Crippen LogP contribution in [0.4, 0.5) is 17.3 Å². The Balaban J connectivity index is 0.966. The van der Waals surface area contributed by atoms with Crippen molar-refractivity contribution in [2.75, 3.05) is 76.6 Å². The molecule has 13 heteroatoms. The van der Waals surface area contributed by atoms with E-state index >= 15 is 0 Å². The molecule has 12 nitrogen and oxygen atoms in total. The van der Waals surface area contributed by atoms with Crippen molar-refractivity contribution in [1.82, 2.24) is 39.5 Å². The Morgan fingerprint density at radius 1 is 1.12 bits per heavy atom. The number of nitrogens with one attached hydrogen (secondary N) is 3. The topological polar surface area (TPSA) is 119 Å². The van der Waals surface area contributed by atoms with Crippen LogP contribution in [-0.2, 0) is 9.53 Å². The summed E-state index contributed by atoms with van der Waals surface area (Å²) in [7, 11) is 2.17. The van der Waals surface area contributed by atoms with Crippen LogP contribution < -0.4 is 10.6 Å². The van der Waals surface area contributed by atoms with Gasteiger partial charge in [0.1, 0.15) is 5.52 Å². The average molecular weight is 591 g/mol. The van der Waals surface area contributed by atoms with Gasteiger partial charge in [-0.05, 0) is 68.6 Å². The maximum Gasteiger partial charge on any atom is 0.238 e. The van der Waals surface area contributed by atoms with Gasteiger partial charge in [0, 0.05) is 74.4 Å². The third-order valence-corrected chi connectivity index (χ3v) is 8.49. The number of likely N-dealkylation sites (N-methyl/N-ethyl adjacent to an activating group) is 1. The Bertz CT molecular complexity index is 1480. The second kappa shape index (κ2) is 13.2. The number of amides is 1. The second-order valence-corrected chi connectivity index (χ2v) is 12.0. The van der Waals surface area contributed by atoms with E-state index in [0.717, 1.165) is 80.6 Å². The largest absolute Gasteiger partial charge is 0.376 e. The van der Waals surface area contributed by atoms with Gasteiger partial charge in [0.2, 0.25) is 11.1 Å². The number of fused-ring (bicyclic) bond motifs is 1. The van der Waals surface area contributed by atoms with Gasteiger partial charge in [-0.25, -0.2) is 9.50 Å². The van der Waals surface area contributed by atoms with Gasteiger partial charge >= 0.3 is 0 Å². The third-order valence-electron chi connectivity index (χ3n) is 7.62. The van der Waals surface area contributed by atoms with Gasteiger partial charge in [-0.3, -0.25) is 19.7 Å². The van der Waals surface area contributed by atoms with Gasteiger partial charge in [0.05, 0.1) is 19.3 Å². The molecule has 0 aliphatic carbocycles. The molecule has 0 saturated carbocycles. The smallest absolute Gasteiger partial charge is 0.238 e. The zero-order valence-corrected chi connectivity index (χ0v) is 24.9. The molecule has 0 unspecified atom stereocenters. The molecule has 1 aromatic carbocycles. The number of carbonyl (C=O) groups is 1. The number of H-pyrrole nitrogens is 1. The number of aryl methyl sites for hydroxylation is 1. The predicted molar refractivity (Wildman–Crippen MR) is 164 cm³/mol. The Kier molecular flexibility index (Phi) is 9.01. The van der Waals surface area contributed by atoms with Crippen molar-refractivity contribution < 1.29 is 9.53 Å². The number of hydrogen-bond donors (Lipinski definition) is 3. The highest BCUT2D eigenvalue weighted by atomic mass is 32.2. The second-order valence-electron chi connectivity index (χ2n) is 11.0. The summed E-state index contributed by atoms with van der Waals surface area (Å²) in [6.07, 6.45) is 3.06. The van der Waals surface area contributed by atoms with E-state index in [0.29, 0.717) is 23.3 Å². The molecule has 0 bridgehead atoms. The summed E-state index contributed by atoms with van der Waals surface area (Å²) in [5, 5.41) is 18.7. The molecule has 2 aliphatic heterocycles. The predicted octanol–water partition coefficient (Wildman–Crippen LogP) is 2.93. The van der Waals surface area contributed by atoms with Crippen molar-refractivity contribution in [3.05, 3.63) is 54.4 Å². The fourth-order valence-corrected chi connectivity index (χ4v) is 6.01. The molecule has 1 atom stereocenters. The highest BCUT2D eigenvalue weighted by Gasteiger charge is 2.25. The van der Waals surface area contributed by atoms with E-state index in [2.05, 4.69) is 47.7 Å². The molecule has 0 radical (unpaired) electrons. The number of piperazine rings is 1. The molecule has 2 aliphatic rings. The number of benzene rings is 1. The Morgan fingerprint density at radius 2 is 1.95 bits per heavy atom. The van der Waals surface area contributed by atoms with Crippen molar-refractivity contribution in [2.24, 2.45) is 0 Å². The third kappa shape index (κ3) is 7.47. The van der Waals surface area contributed by atoms with Gasteiger partial charge < -0.3 is 20.3 Å². The van der Waals surface area contributed by atoms with E-state index < -0.39 is 0 Å². The molecule has 5 heterocycles. The Hall–Kier alpha value is -3.49. The monoisotopic (exact) mass is 590 g/mol. The fourth-order valence-electron chi connectivity index (χ4n) is 5.27. The molecule has 2 saturated heterocycles. The van der Waals surface area contributed by atoms with Crippen LogP contribution >= 0.6 is 11.8 Å². The van der Waals surface area contributed by atoms with Crippen molar-refractivity contribution >= 4 is 40.5 Å². The van der Waals surface area contributed by atoms with Crippen LogP contribution in [-0.4, -0.2) is 118 Å². The molecule has 3 N–H and O–H groups in total. The minimum Gasteiger partial charge on any atom is -0.376 e. The zero-order valence-electron chi connectivity index (χ0n) is 24.1. The SMILES string of the molecule is Cc1cc(Nc2nc(Sc3ccc(NC(=O)CN4CC[C@@H](OCCN5CCN(C)CC5)C4)cc3)nn3cccc23)n[nH]1. The average Bonchev–Trinajstić information content (AvgIpc) is 3.73. The number of nitrogens with zero attached hydrogens (tertiary/aromatic N) is 7. The zero-order chi connectivity index (χ0) is 28.9. The van der Waals surface area contributed by atoms with Crippen molar-refractivity contribution in [1.29, 1.82) is 0 Å². The lowest BCUT2D eigenvalue weighted by atomic mass is 10.3. The fraction of sp³-hybridized carbons (Fsp3) is 0.448. The number of aromatic amines is 1. The van der Waals surface area contributed by atoms with E-state index in [1.165, 1.54) is 11.8 Å². The minimum absolute atomic E-state index is 0.0146. The first-order chi connectivity index (χ1) is 20.5. The summed E-state index contributed by atoms with van der Waals surface area (Å²) in [6, 6.07) is 13.6. The van der Waals surface area contributed by atoms with Crippen LogP contribution in [0.15, 0.2) is 58.7 Å². The Morgan fingerprint density at radius 3 is 2.74 bits per heavy atom. The molecule has 222 valence electrons. The van der Waals surface area contributed by atoms with Crippen molar-refractivity contribution in [3.8, 4) is 0 Å². The minimum atomic E-state index is -0.0146. The molecule has 1 amide bonds. The van der Waals surface area contributed by atoms with Crippen LogP contribution in [0.25, 0.3) is 5.52 Å². The van der Waals surface area contributed by atoms with E-state index in [1.807, 2.05) is 55.6 Å².